The largest absolute Gasteiger partial charge is 0.769 e. The maximum Gasteiger partial charge on any atom is 0.0184 e. The fraction of sp³-hybridized carbons (Fsp3) is 0.333. The Labute approximate surface area is 66.9 Å². The molecule has 0 radical (unpaired) electrons. The summed E-state index contributed by atoms with van der Waals surface area (Å²) in [6.45, 7) is 0. The van der Waals surface area contributed by atoms with E-state index >= 15 is 0 Å². The van der Waals surface area contributed by atoms with Gasteiger partial charge in [-0.3, -0.25) is 4.21 Å². The Morgan fingerprint density at radius 1 is 1.50 bits per heavy atom. The molecule has 0 aromatic carbocycles. The van der Waals surface area contributed by atoms with Crippen LogP contribution in [0.4, 0.5) is 0 Å². The minimum Gasteiger partial charge on any atom is -0.769 e. The summed E-state index contributed by atoms with van der Waals surface area (Å²) >= 11 is 3.54. The van der Waals surface area contributed by atoms with Crippen LogP contribution in [0.15, 0.2) is 22.1 Å². The second kappa shape index (κ2) is 3.32. The summed E-state index contributed by atoms with van der Waals surface area (Å²) in [6.07, 6.45) is 4.33. The molecule has 1 aliphatic rings. The highest BCUT2D eigenvalue weighted by atomic mass is 35.5. The Balaban J connectivity index is 2.74. The summed E-state index contributed by atoms with van der Waals surface area (Å²) in [7, 11) is 0. The summed E-state index contributed by atoms with van der Waals surface area (Å²) in [4.78, 5) is 0.435. The quantitative estimate of drug-likeness (QED) is 0.572. The van der Waals surface area contributed by atoms with Gasteiger partial charge in [0.15, 0.2) is 0 Å². The molecule has 1 atom stereocenters. The Morgan fingerprint density at radius 3 is 2.60 bits per heavy atom. The Bertz CT molecular complexity index is 220. The van der Waals surface area contributed by atoms with Gasteiger partial charge in [-0.05, 0) is 30.0 Å². The zero-order valence-electron chi connectivity index (χ0n) is 5.17. The van der Waals surface area contributed by atoms with E-state index in [1.165, 1.54) is 6.08 Å². The van der Waals surface area contributed by atoms with Crippen LogP contribution in [0.5, 0.6) is 0 Å². The van der Waals surface area contributed by atoms with E-state index in [-0.39, 0.29) is 0 Å². The lowest BCUT2D eigenvalue weighted by Gasteiger charge is -2.12. The standard InChI is InChI=1S/C6H7ClO2S/c7-5-1-3-6(4-2-5)10(8)9/h1,3H,2,4H2,(H,8,9)/p-1. The molecule has 0 saturated carbocycles. The van der Waals surface area contributed by atoms with E-state index in [2.05, 4.69) is 0 Å². The number of halogens is 1. The third-order valence-electron chi connectivity index (χ3n) is 1.27. The van der Waals surface area contributed by atoms with Crippen molar-refractivity contribution >= 4 is 22.7 Å². The molecule has 10 heavy (non-hydrogen) atoms. The van der Waals surface area contributed by atoms with E-state index in [9.17, 15) is 8.76 Å². The highest BCUT2D eigenvalue weighted by Crippen LogP contribution is 2.21. The van der Waals surface area contributed by atoms with Crippen molar-refractivity contribution in [2.75, 3.05) is 0 Å². The van der Waals surface area contributed by atoms with Crippen molar-refractivity contribution < 1.29 is 8.76 Å². The van der Waals surface area contributed by atoms with Crippen molar-refractivity contribution in [1.29, 1.82) is 0 Å². The van der Waals surface area contributed by atoms with E-state index < -0.39 is 11.1 Å². The Hall–Kier alpha value is -0.120. The first kappa shape index (κ1) is 7.98. The van der Waals surface area contributed by atoms with E-state index in [0.29, 0.717) is 22.8 Å². The zero-order valence-corrected chi connectivity index (χ0v) is 6.74. The molecule has 0 saturated heterocycles. The maximum atomic E-state index is 10.3. The predicted molar refractivity (Wildman–Crippen MR) is 40.2 cm³/mol. The first-order chi connectivity index (χ1) is 4.70. The van der Waals surface area contributed by atoms with Crippen LogP contribution < -0.4 is 0 Å². The van der Waals surface area contributed by atoms with Gasteiger partial charge in [-0.2, -0.15) is 0 Å². The van der Waals surface area contributed by atoms with Gasteiger partial charge in [0.1, 0.15) is 0 Å². The van der Waals surface area contributed by atoms with E-state index in [0.717, 1.165) is 0 Å². The minimum absolute atomic E-state index is 0.435. The van der Waals surface area contributed by atoms with Gasteiger partial charge < -0.3 is 4.55 Å². The lowest BCUT2D eigenvalue weighted by Crippen LogP contribution is -1.96. The van der Waals surface area contributed by atoms with Gasteiger partial charge in [-0.1, -0.05) is 17.7 Å². The highest BCUT2D eigenvalue weighted by molar-refractivity contribution is 7.83. The maximum absolute atomic E-state index is 10.3. The molecule has 2 nitrogen and oxygen atoms in total. The SMILES string of the molecule is O=S([O-])C1=CC=C(Cl)CC1. The van der Waals surface area contributed by atoms with Crippen LogP contribution in [0.2, 0.25) is 0 Å². The number of hydrogen-bond donors (Lipinski definition) is 0. The first-order valence-corrected chi connectivity index (χ1v) is 4.30. The topological polar surface area (TPSA) is 40.1 Å². The molecule has 0 aromatic rings. The molecule has 56 valence electrons. The molecule has 0 spiro atoms. The van der Waals surface area contributed by atoms with Crippen molar-refractivity contribution in [1.82, 2.24) is 0 Å². The molecule has 0 N–H and O–H groups in total. The first-order valence-electron chi connectivity index (χ1n) is 2.84. The van der Waals surface area contributed by atoms with Crippen LogP contribution >= 0.6 is 11.6 Å². The van der Waals surface area contributed by atoms with Gasteiger partial charge in [0.2, 0.25) is 0 Å². The third-order valence-corrected chi connectivity index (χ3v) is 2.36. The Morgan fingerprint density at radius 2 is 2.20 bits per heavy atom. The summed E-state index contributed by atoms with van der Waals surface area (Å²) in [6, 6.07) is 0. The van der Waals surface area contributed by atoms with Gasteiger partial charge >= 0.3 is 0 Å². The average molecular weight is 178 g/mol. The van der Waals surface area contributed by atoms with E-state index in [4.69, 9.17) is 11.6 Å². The minimum atomic E-state index is -2.06. The summed E-state index contributed by atoms with van der Waals surface area (Å²) < 4.78 is 20.6. The summed E-state index contributed by atoms with van der Waals surface area (Å²) in [5.41, 5.74) is 0. The second-order valence-corrected chi connectivity index (χ2v) is 3.46. The van der Waals surface area contributed by atoms with Crippen LogP contribution in [-0.2, 0) is 11.1 Å². The van der Waals surface area contributed by atoms with Gasteiger partial charge in [0.25, 0.3) is 0 Å². The number of allylic oxidation sites excluding steroid dienone is 4. The average Bonchev–Trinajstić information content (AvgIpc) is 1.88. The molecule has 1 unspecified atom stereocenters. The third kappa shape index (κ3) is 1.94. The van der Waals surface area contributed by atoms with Crippen LogP contribution in [0.25, 0.3) is 0 Å². The fourth-order valence-corrected chi connectivity index (χ4v) is 1.34. The van der Waals surface area contributed by atoms with Crippen molar-refractivity contribution in [3.8, 4) is 0 Å². The van der Waals surface area contributed by atoms with Crippen LogP contribution in [0.1, 0.15) is 12.8 Å². The zero-order chi connectivity index (χ0) is 7.56. The molecule has 0 aromatic heterocycles. The number of rotatable bonds is 1. The molecule has 4 heteroatoms. The van der Waals surface area contributed by atoms with Gasteiger partial charge in [-0.15, -0.1) is 0 Å². The van der Waals surface area contributed by atoms with Gasteiger partial charge in [0.05, 0.1) is 0 Å². The smallest absolute Gasteiger partial charge is 0.0184 e. The molecule has 0 bridgehead atoms. The molecular formula is C6H6ClO2S-. The molecule has 0 heterocycles. The summed E-state index contributed by atoms with van der Waals surface area (Å²) in [5.74, 6) is 0. The molecule has 0 amide bonds. The molecule has 0 aliphatic heterocycles. The second-order valence-electron chi connectivity index (χ2n) is 1.98. The normalized spacial score (nSPS) is 21.4. The van der Waals surface area contributed by atoms with E-state index in [1.807, 2.05) is 0 Å². The molecule has 0 fully saturated rings. The van der Waals surface area contributed by atoms with Crippen molar-refractivity contribution in [2.45, 2.75) is 12.8 Å². The van der Waals surface area contributed by atoms with Crippen LogP contribution in [-0.4, -0.2) is 8.76 Å². The molecule has 1 aliphatic carbocycles. The monoisotopic (exact) mass is 177 g/mol. The van der Waals surface area contributed by atoms with Crippen molar-refractivity contribution in [3.63, 3.8) is 0 Å². The lowest BCUT2D eigenvalue weighted by atomic mass is 10.2. The van der Waals surface area contributed by atoms with Gasteiger partial charge in [0, 0.05) is 9.94 Å². The Kier molecular flexibility index (Phi) is 2.65. The fourth-order valence-electron chi connectivity index (χ4n) is 0.732. The summed E-state index contributed by atoms with van der Waals surface area (Å²) in [5, 5.41) is 0.717. The predicted octanol–water partition coefficient (Wildman–Crippen LogP) is 1.67. The van der Waals surface area contributed by atoms with Crippen molar-refractivity contribution in [3.05, 3.63) is 22.1 Å². The van der Waals surface area contributed by atoms with E-state index in [1.54, 1.807) is 6.08 Å². The van der Waals surface area contributed by atoms with Gasteiger partial charge in [-0.25, -0.2) is 0 Å². The van der Waals surface area contributed by atoms with Crippen LogP contribution in [0, 0.1) is 0 Å². The highest BCUT2D eigenvalue weighted by Gasteiger charge is 2.03. The molecular weight excluding hydrogens is 172 g/mol. The van der Waals surface area contributed by atoms with Crippen LogP contribution in [0.3, 0.4) is 0 Å². The number of hydrogen-bond acceptors (Lipinski definition) is 2. The lowest BCUT2D eigenvalue weighted by molar-refractivity contribution is 0.541. The van der Waals surface area contributed by atoms with Crippen molar-refractivity contribution in [2.24, 2.45) is 0 Å². The molecule has 1 rings (SSSR count).